The van der Waals surface area contributed by atoms with Crippen molar-refractivity contribution in [3.8, 4) is 0 Å². The number of thioether (sulfide) groups is 10. The van der Waals surface area contributed by atoms with Gasteiger partial charge in [-0.2, -0.15) is 118 Å². The van der Waals surface area contributed by atoms with Crippen LogP contribution in [0.1, 0.15) is 0 Å². The summed E-state index contributed by atoms with van der Waals surface area (Å²) in [6.07, 6.45) is 0. The first-order valence-corrected chi connectivity index (χ1v) is 21.8. The third-order valence-electron chi connectivity index (χ3n) is 5.37. The molecule has 4 saturated heterocycles. The highest BCUT2D eigenvalue weighted by molar-refractivity contribution is 8.11. The second kappa shape index (κ2) is 15.6. The van der Waals surface area contributed by atoms with E-state index in [-0.39, 0.29) is 0 Å². The molecule has 0 saturated carbocycles. The van der Waals surface area contributed by atoms with Gasteiger partial charge in [0.1, 0.15) is 0 Å². The van der Waals surface area contributed by atoms with E-state index in [1.54, 1.807) is 0 Å². The fraction of sp³-hybridized carbons (Fsp3) is 1.00. The molecule has 2 atom stereocenters. The Morgan fingerprint density at radius 1 is 0.467 bits per heavy atom. The first-order chi connectivity index (χ1) is 14.9. The Kier molecular flexibility index (Phi) is 13.8. The Labute approximate surface area is 227 Å². The molecule has 4 aliphatic heterocycles. The highest BCUT2D eigenvalue weighted by Crippen LogP contribution is 2.39. The minimum absolute atomic E-state index is 0.853. The zero-order valence-corrected chi connectivity index (χ0v) is 25.6. The molecule has 0 nitrogen and oxygen atoms in total. The summed E-state index contributed by atoms with van der Waals surface area (Å²) in [7, 11) is 0. The fourth-order valence-electron chi connectivity index (χ4n) is 3.06. The molecule has 0 aliphatic carbocycles. The van der Waals surface area contributed by atoms with Gasteiger partial charge in [0, 0.05) is 112 Å². The molecule has 174 valence electrons. The van der Waals surface area contributed by atoms with Gasteiger partial charge in [-0.05, 0) is 0 Å². The Morgan fingerprint density at radius 3 is 1.10 bits per heavy atom. The smallest absolute Gasteiger partial charge is 0.0265 e. The average molecular weight is 595 g/mol. The van der Waals surface area contributed by atoms with E-state index in [0.29, 0.717) is 0 Å². The van der Waals surface area contributed by atoms with Gasteiger partial charge in [0.25, 0.3) is 0 Å². The van der Waals surface area contributed by atoms with Crippen LogP contribution in [-0.2, 0) is 0 Å². The lowest BCUT2D eigenvalue weighted by atomic mass is 10.3. The zero-order chi connectivity index (χ0) is 20.4. The molecule has 0 aromatic carbocycles. The molecular weight excluding hydrogens is 561 g/mol. The predicted octanol–water partition coefficient (Wildman–Crippen LogP) is 6.58. The largest absolute Gasteiger partial charge is 0.160 e. The molecule has 0 aromatic heterocycles. The standard InChI is InChI=1S/C20H34S10/c1(25-15-5-21-6-15)3-27-19(13-29-17-9-23-10-17)20(14-30-18-11-24-12-18)28-4-2-26-16-7-22-8-16/h15-20H,1-14H2. The number of hydrogen-bond donors (Lipinski definition) is 0. The van der Waals surface area contributed by atoms with Gasteiger partial charge < -0.3 is 0 Å². The normalized spacial score (nSPS) is 25.2. The van der Waals surface area contributed by atoms with Gasteiger partial charge in [-0.1, -0.05) is 0 Å². The van der Waals surface area contributed by atoms with Crippen molar-refractivity contribution in [3.05, 3.63) is 0 Å². The third kappa shape index (κ3) is 9.51. The van der Waals surface area contributed by atoms with E-state index in [0.717, 1.165) is 31.5 Å². The van der Waals surface area contributed by atoms with Gasteiger partial charge in [0.2, 0.25) is 0 Å². The topological polar surface area (TPSA) is 0 Å². The maximum Gasteiger partial charge on any atom is 0.0265 e. The summed E-state index contributed by atoms with van der Waals surface area (Å²) in [4.78, 5) is 0. The van der Waals surface area contributed by atoms with Crippen LogP contribution in [-0.4, -0.2) is 112 Å². The zero-order valence-electron chi connectivity index (χ0n) is 17.4. The van der Waals surface area contributed by atoms with Crippen LogP contribution in [0.5, 0.6) is 0 Å². The fourth-order valence-corrected chi connectivity index (χ4v) is 16.9. The van der Waals surface area contributed by atoms with E-state index in [2.05, 4.69) is 118 Å². The van der Waals surface area contributed by atoms with Crippen molar-refractivity contribution in [1.82, 2.24) is 0 Å². The monoisotopic (exact) mass is 594 g/mol. The van der Waals surface area contributed by atoms with Crippen LogP contribution in [0.15, 0.2) is 0 Å². The molecule has 2 unspecified atom stereocenters. The van der Waals surface area contributed by atoms with E-state index >= 15 is 0 Å². The summed E-state index contributed by atoms with van der Waals surface area (Å²) >= 11 is 22.3. The summed E-state index contributed by atoms with van der Waals surface area (Å²) in [5, 5.41) is 5.54. The van der Waals surface area contributed by atoms with Crippen molar-refractivity contribution >= 4 is 118 Å². The molecule has 30 heavy (non-hydrogen) atoms. The highest BCUT2D eigenvalue weighted by Gasteiger charge is 2.29. The lowest BCUT2D eigenvalue weighted by molar-refractivity contribution is 0.935. The van der Waals surface area contributed by atoms with E-state index in [1.165, 1.54) is 80.5 Å². The van der Waals surface area contributed by atoms with Gasteiger partial charge in [-0.15, -0.1) is 0 Å². The van der Waals surface area contributed by atoms with Crippen LogP contribution in [0.4, 0.5) is 0 Å². The van der Waals surface area contributed by atoms with Crippen molar-refractivity contribution in [3.63, 3.8) is 0 Å². The molecule has 0 bridgehead atoms. The quantitative estimate of drug-likeness (QED) is 0.169. The summed E-state index contributed by atoms with van der Waals surface area (Å²) in [5.74, 6) is 19.5. The second-order valence-electron chi connectivity index (χ2n) is 7.86. The predicted molar refractivity (Wildman–Crippen MR) is 167 cm³/mol. The van der Waals surface area contributed by atoms with Crippen molar-refractivity contribution in [2.24, 2.45) is 0 Å². The van der Waals surface area contributed by atoms with Crippen molar-refractivity contribution in [2.75, 3.05) is 80.5 Å². The van der Waals surface area contributed by atoms with Gasteiger partial charge in [-0.3, -0.25) is 0 Å². The van der Waals surface area contributed by atoms with E-state index in [4.69, 9.17) is 0 Å². The molecule has 4 rings (SSSR count). The lowest BCUT2D eigenvalue weighted by Crippen LogP contribution is -2.32. The first kappa shape index (κ1) is 26.6. The highest BCUT2D eigenvalue weighted by atomic mass is 32.2. The first-order valence-electron chi connectivity index (χ1n) is 10.9. The lowest BCUT2D eigenvalue weighted by Gasteiger charge is -2.32. The van der Waals surface area contributed by atoms with Gasteiger partial charge in [0.05, 0.1) is 0 Å². The van der Waals surface area contributed by atoms with E-state index in [1.807, 2.05) is 0 Å². The van der Waals surface area contributed by atoms with Crippen molar-refractivity contribution in [2.45, 2.75) is 31.5 Å². The van der Waals surface area contributed by atoms with Gasteiger partial charge in [0.15, 0.2) is 0 Å². The van der Waals surface area contributed by atoms with E-state index < -0.39 is 0 Å². The number of hydrogen-bond acceptors (Lipinski definition) is 10. The molecule has 0 N–H and O–H groups in total. The molecule has 4 fully saturated rings. The van der Waals surface area contributed by atoms with Gasteiger partial charge in [-0.25, -0.2) is 0 Å². The SMILES string of the molecule is C(CSC(CSC1CSC1)C(CSC1CSC1)SCCSC1CSC1)SC1CSC1. The summed E-state index contributed by atoms with van der Waals surface area (Å²) < 4.78 is 0. The minimum atomic E-state index is 0.853. The second-order valence-corrected chi connectivity index (χ2v) is 20.3. The molecule has 0 spiro atoms. The van der Waals surface area contributed by atoms with Crippen LogP contribution < -0.4 is 0 Å². The Balaban J connectivity index is 1.22. The minimum Gasteiger partial charge on any atom is -0.160 e. The Hall–Kier alpha value is 3.50. The van der Waals surface area contributed by atoms with Crippen molar-refractivity contribution < 1.29 is 0 Å². The van der Waals surface area contributed by atoms with Crippen molar-refractivity contribution in [1.29, 1.82) is 0 Å². The summed E-state index contributed by atoms with van der Waals surface area (Å²) in [5.41, 5.74) is 0. The molecule has 4 heterocycles. The number of rotatable bonds is 17. The van der Waals surface area contributed by atoms with Crippen LogP contribution >= 0.6 is 118 Å². The molecule has 4 aliphatic rings. The summed E-state index contributed by atoms with van der Waals surface area (Å²) in [6.45, 7) is 0. The van der Waals surface area contributed by atoms with Crippen LogP contribution in [0, 0.1) is 0 Å². The molecule has 0 aromatic rings. The van der Waals surface area contributed by atoms with Crippen LogP contribution in [0.25, 0.3) is 0 Å². The maximum absolute atomic E-state index is 2.34. The van der Waals surface area contributed by atoms with Crippen LogP contribution in [0.3, 0.4) is 0 Å². The molecule has 10 heteroatoms. The Morgan fingerprint density at radius 2 is 0.800 bits per heavy atom. The molecular formula is C20H34S10. The Bertz CT molecular complexity index is 423. The molecule has 0 amide bonds. The molecule has 0 radical (unpaired) electrons. The summed E-state index contributed by atoms with van der Waals surface area (Å²) in [6, 6.07) is 0. The average Bonchev–Trinajstić information content (AvgIpc) is 2.59. The van der Waals surface area contributed by atoms with Gasteiger partial charge >= 0.3 is 0 Å². The maximum atomic E-state index is 2.34. The van der Waals surface area contributed by atoms with E-state index in [9.17, 15) is 0 Å². The van der Waals surface area contributed by atoms with Crippen LogP contribution in [0.2, 0.25) is 0 Å². The third-order valence-corrected chi connectivity index (χ3v) is 21.2.